The largest absolute Gasteiger partial charge is 0.490 e. The number of aryl methyl sites for hydroxylation is 1. The number of hydrogen-bond donors (Lipinski definition) is 1. The zero-order chi connectivity index (χ0) is 20.8. The number of nitrogens with one attached hydrogen (secondary N) is 1. The molecule has 0 bridgehead atoms. The molecule has 3 aromatic rings. The summed E-state index contributed by atoms with van der Waals surface area (Å²) in [5, 5.41) is 4.52. The molecule has 0 radical (unpaired) electrons. The van der Waals surface area contributed by atoms with Gasteiger partial charge in [-0.05, 0) is 55.3 Å². The topological polar surface area (TPSA) is 30.5 Å². The third-order valence-electron chi connectivity index (χ3n) is 4.27. The van der Waals surface area contributed by atoms with Gasteiger partial charge in [-0.2, -0.15) is 0 Å². The van der Waals surface area contributed by atoms with Gasteiger partial charge in [-0.15, -0.1) is 0 Å². The van der Waals surface area contributed by atoms with E-state index in [0.717, 1.165) is 21.3 Å². The van der Waals surface area contributed by atoms with Gasteiger partial charge in [0.05, 0.1) is 6.61 Å². The second kappa shape index (κ2) is 10.2. The highest BCUT2D eigenvalue weighted by Gasteiger charge is 2.12. The third-order valence-corrected chi connectivity index (χ3v) is 5.45. The predicted molar refractivity (Wildman–Crippen MR) is 125 cm³/mol. The Bertz CT molecular complexity index is 957. The van der Waals surface area contributed by atoms with Gasteiger partial charge in [0.2, 0.25) is 0 Å². The Morgan fingerprint density at radius 1 is 0.897 bits per heavy atom. The van der Waals surface area contributed by atoms with E-state index in [9.17, 15) is 0 Å². The zero-order valence-corrected chi connectivity index (χ0v) is 19.4. The van der Waals surface area contributed by atoms with Crippen LogP contribution < -0.4 is 14.8 Å². The van der Waals surface area contributed by atoms with E-state index in [0.29, 0.717) is 41.3 Å². The molecule has 0 fully saturated rings. The van der Waals surface area contributed by atoms with Crippen molar-refractivity contribution in [3.05, 3.63) is 85.8 Å². The maximum Gasteiger partial charge on any atom is 0.162 e. The van der Waals surface area contributed by atoms with Crippen LogP contribution in [0.2, 0.25) is 10.0 Å². The summed E-state index contributed by atoms with van der Waals surface area (Å²) in [6, 6.07) is 17.6. The van der Waals surface area contributed by atoms with E-state index in [-0.39, 0.29) is 0 Å². The van der Waals surface area contributed by atoms with Crippen molar-refractivity contribution in [1.29, 1.82) is 0 Å². The lowest BCUT2D eigenvalue weighted by Gasteiger charge is -2.16. The minimum Gasteiger partial charge on any atom is -0.490 e. The van der Waals surface area contributed by atoms with Gasteiger partial charge < -0.3 is 14.8 Å². The summed E-state index contributed by atoms with van der Waals surface area (Å²) in [6.07, 6.45) is 0. The molecule has 152 valence electrons. The number of hydrogen-bond acceptors (Lipinski definition) is 3. The highest BCUT2D eigenvalue weighted by atomic mass is 79.9. The van der Waals surface area contributed by atoms with E-state index in [1.54, 1.807) is 6.07 Å². The van der Waals surface area contributed by atoms with E-state index in [2.05, 4.69) is 52.4 Å². The van der Waals surface area contributed by atoms with Gasteiger partial charge in [-0.1, -0.05) is 69.0 Å². The van der Waals surface area contributed by atoms with Crippen LogP contribution in [0.15, 0.2) is 59.1 Å². The van der Waals surface area contributed by atoms with Crippen LogP contribution in [-0.4, -0.2) is 6.61 Å². The molecule has 0 heterocycles. The fraction of sp³-hybridized carbons (Fsp3) is 0.217. The van der Waals surface area contributed by atoms with Crippen LogP contribution in [0.5, 0.6) is 11.5 Å². The van der Waals surface area contributed by atoms with E-state index in [1.807, 2.05) is 31.2 Å². The van der Waals surface area contributed by atoms with Crippen molar-refractivity contribution in [3.8, 4) is 11.5 Å². The fourth-order valence-electron chi connectivity index (χ4n) is 2.79. The molecule has 0 aliphatic heterocycles. The number of anilines is 1. The average molecular weight is 495 g/mol. The molecule has 29 heavy (non-hydrogen) atoms. The van der Waals surface area contributed by atoms with E-state index < -0.39 is 0 Å². The smallest absolute Gasteiger partial charge is 0.162 e. The first kappa shape index (κ1) is 21.8. The van der Waals surface area contributed by atoms with Gasteiger partial charge >= 0.3 is 0 Å². The summed E-state index contributed by atoms with van der Waals surface area (Å²) in [6.45, 7) is 5.64. The molecule has 0 unspecified atom stereocenters. The summed E-state index contributed by atoms with van der Waals surface area (Å²) < 4.78 is 12.8. The summed E-state index contributed by atoms with van der Waals surface area (Å²) in [4.78, 5) is 0. The molecular formula is C23H22BrCl2NO2. The normalized spacial score (nSPS) is 10.7. The van der Waals surface area contributed by atoms with Crippen LogP contribution in [-0.2, 0) is 13.2 Å². The maximum absolute atomic E-state index is 6.07. The van der Waals surface area contributed by atoms with Crippen molar-refractivity contribution in [2.24, 2.45) is 0 Å². The third kappa shape index (κ3) is 6.30. The monoisotopic (exact) mass is 493 g/mol. The highest BCUT2D eigenvalue weighted by molar-refractivity contribution is 9.10. The Kier molecular flexibility index (Phi) is 7.70. The predicted octanol–water partition coefficient (Wildman–Crippen LogP) is 7.65. The molecule has 1 N–H and O–H groups in total. The van der Waals surface area contributed by atoms with E-state index in [4.69, 9.17) is 32.7 Å². The molecule has 0 aliphatic carbocycles. The number of halogens is 3. The van der Waals surface area contributed by atoms with Gasteiger partial charge in [-0.25, -0.2) is 0 Å². The lowest BCUT2D eigenvalue weighted by atomic mass is 10.1. The Labute approximate surface area is 190 Å². The average Bonchev–Trinajstić information content (AvgIpc) is 2.67. The van der Waals surface area contributed by atoms with Crippen LogP contribution in [0, 0.1) is 6.92 Å². The van der Waals surface area contributed by atoms with Crippen molar-refractivity contribution in [2.75, 3.05) is 11.9 Å². The molecule has 0 atom stereocenters. The van der Waals surface area contributed by atoms with Gasteiger partial charge in [0.15, 0.2) is 11.5 Å². The fourth-order valence-corrected chi connectivity index (χ4v) is 3.78. The van der Waals surface area contributed by atoms with Crippen LogP contribution in [0.3, 0.4) is 0 Å². The molecule has 3 rings (SSSR count). The van der Waals surface area contributed by atoms with E-state index >= 15 is 0 Å². The zero-order valence-electron chi connectivity index (χ0n) is 16.3. The van der Waals surface area contributed by atoms with Crippen molar-refractivity contribution >= 4 is 44.8 Å². The van der Waals surface area contributed by atoms with Crippen LogP contribution in [0.25, 0.3) is 0 Å². The molecule has 0 aromatic heterocycles. The summed E-state index contributed by atoms with van der Waals surface area (Å²) >= 11 is 15.8. The second-order valence-corrected chi connectivity index (χ2v) is 8.34. The van der Waals surface area contributed by atoms with Crippen molar-refractivity contribution in [3.63, 3.8) is 0 Å². The van der Waals surface area contributed by atoms with Crippen LogP contribution in [0.1, 0.15) is 23.6 Å². The first-order valence-electron chi connectivity index (χ1n) is 9.28. The van der Waals surface area contributed by atoms with Crippen molar-refractivity contribution < 1.29 is 9.47 Å². The molecular weight excluding hydrogens is 473 g/mol. The van der Waals surface area contributed by atoms with Gasteiger partial charge in [0, 0.05) is 26.8 Å². The summed E-state index contributed by atoms with van der Waals surface area (Å²) in [5.41, 5.74) is 4.22. The lowest BCUT2D eigenvalue weighted by molar-refractivity contribution is 0.269. The van der Waals surface area contributed by atoms with E-state index in [1.165, 1.54) is 5.56 Å². The molecule has 0 saturated carbocycles. The number of rotatable bonds is 8. The quantitative estimate of drug-likeness (QED) is 0.348. The van der Waals surface area contributed by atoms with Crippen molar-refractivity contribution in [2.45, 2.75) is 27.0 Å². The standard InChI is InChI=1S/C23H22BrCl2NO2/c1-3-28-22-8-17(13-27-20-10-18(25)9-19(26)11-20)21(24)12-23(22)29-14-16-6-4-15(2)5-7-16/h4-12,27H,3,13-14H2,1-2H3. The van der Waals surface area contributed by atoms with Crippen molar-refractivity contribution in [1.82, 2.24) is 0 Å². The molecule has 3 aromatic carbocycles. The minimum atomic E-state index is 0.478. The number of ether oxygens (including phenoxy) is 2. The number of benzene rings is 3. The Morgan fingerprint density at radius 3 is 2.21 bits per heavy atom. The van der Waals surface area contributed by atoms with Crippen LogP contribution in [0.4, 0.5) is 5.69 Å². The lowest BCUT2D eigenvalue weighted by Crippen LogP contribution is -2.04. The highest BCUT2D eigenvalue weighted by Crippen LogP contribution is 2.35. The van der Waals surface area contributed by atoms with Crippen LogP contribution >= 0.6 is 39.1 Å². The Balaban J connectivity index is 1.75. The summed E-state index contributed by atoms with van der Waals surface area (Å²) in [5.74, 6) is 1.41. The van der Waals surface area contributed by atoms with Gasteiger partial charge in [0.25, 0.3) is 0 Å². The molecule has 3 nitrogen and oxygen atoms in total. The Morgan fingerprint density at radius 2 is 1.55 bits per heavy atom. The maximum atomic E-state index is 6.07. The molecule has 0 saturated heterocycles. The van der Waals surface area contributed by atoms with Gasteiger partial charge in [-0.3, -0.25) is 0 Å². The minimum absolute atomic E-state index is 0.478. The summed E-state index contributed by atoms with van der Waals surface area (Å²) in [7, 11) is 0. The second-order valence-electron chi connectivity index (χ2n) is 6.61. The molecule has 0 amide bonds. The molecule has 0 spiro atoms. The first-order valence-corrected chi connectivity index (χ1v) is 10.8. The SMILES string of the molecule is CCOc1cc(CNc2cc(Cl)cc(Cl)c2)c(Br)cc1OCc1ccc(C)cc1. The molecule has 0 aliphatic rings. The Hall–Kier alpha value is -1.88. The van der Waals surface area contributed by atoms with Gasteiger partial charge in [0.1, 0.15) is 6.61 Å². The molecule has 6 heteroatoms. The first-order chi connectivity index (χ1) is 13.9.